The van der Waals surface area contributed by atoms with Gasteiger partial charge in [-0.25, -0.2) is 0 Å². The van der Waals surface area contributed by atoms with Gasteiger partial charge < -0.3 is 20.1 Å². The molecule has 0 radical (unpaired) electrons. The Morgan fingerprint density at radius 2 is 1.78 bits per heavy atom. The molecule has 2 saturated carbocycles. The number of rotatable bonds is 6. The van der Waals surface area contributed by atoms with E-state index in [2.05, 4.69) is 45.9 Å². The molecule has 0 aromatic heterocycles. The lowest BCUT2D eigenvalue weighted by Gasteiger charge is -2.56. The Morgan fingerprint density at radius 1 is 1.09 bits per heavy atom. The first kappa shape index (κ1) is 24.2. The van der Waals surface area contributed by atoms with Gasteiger partial charge in [0.2, 0.25) is 0 Å². The van der Waals surface area contributed by atoms with Crippen molar-refractivity contribution in [1.82, 2.24) is 0 Å². The summed E-state index contributed by atoms with van der Waals surface area (Å²) in [5.74, 6) is 0.758. The lowest BCUT2D eigenvalue weighted by atomic mass is 9.49. The molecule has 0 aromatic rings. The molecule has 0 aromatic carbocycles. The van der Waals surface area contributed by atoms with E-state index >= 15 is 0 Å². The van der Waals surface area contributed by atoms with E-state index in [0.29, 0.717) is 44.1 Å². The second-order valence-corrected chi connectivity index (χ2v) is 11.9. The van der Waals surface area contributed by atoms with Crippen molar-refractivity contribution in [3.63, 3.8) is 0 Å². The monoisotopic (exact) mass is 444 g/mol. The quantitative estimate of drug-likeness (QED) is 0.500. The van der Waals surface area contributed by atoms with E-state index in [0.717, 1.165) is 19.3 Å². The van der Waals surface area contributed by atoms with Crippen LogP contribution in [-0.2, 0) is 4.74 Å². The van der Waals surface area contributed by atoms with Gasteiger partial charge in [0.15, 0.2) is 0 Å². The average molecular weight is 445 g/mol. The van der Waals surface area contributed by atoms with E-state index in [4.69, 9.17) is 4.74 Å². The molecule has 0 unspecified atom stereocenters. The molecule has 0 saturated heterocycles. The van der Waals surface area contributed by atoms with E-state index in [-0.39, 0.29) is 10.8 Å². The number of ether oxygens (including phenoxy) is 1. The van der Waals surface area contributed by atoms with Crippen molar-refractivity contribution >= 4 is 0 Å². The van der Waals surface area contributed by atoms with Crippen LogP contribution in [0.25, 0.3) is 0 Å². The molecule has 0 aliphatic heterocycles. The van der Waals surface area contributed by atoms with Gasteiger partial charge in [0.05, 0.1) is 30.0 Å². The highest BCUT2D eigenvalue weighted by molar-refractivity contribution is 5.44. The predicted octanol–water partition coefficient (Wildman–Crippen LogP) is 5.08. The first-order chi connectivity index (χ1) is 14.9. The molecule has 32 heavy (non-hydrogen) atoms. The largest absolute Gasteiger partial charge is 0.393 e. The van der Waals surface area contributed by atoms with Crippen molar-refractivity contribution in [2.24, 2.45) is 22.7 Å². The van der Waals surface area contributed by atoms with Crippen molar-refractivity contribution in [3.8, 4) is 0 Å². The van der Waals surface area contributed by atoms with Gasteiger partial charge in [0, 0.05) is 11.8 Å². The van der Waals surface area contributed by atoms with E-state index in [9.17, 15) is 15.3 Å². The van der Waals surface area contributed by atoms with Crippen molar-refractivity contribution in [3.05, 3.63) is 34.9 Å². The molecule has 0 heterocycles. The molecular formula is C28H44O4. The number of fused-ring (bicyclic) bond motifs is 5. The molecule has 4 aliphatic carbocycles. The van der Waals surface area contributed by atoms with Crippen LogP contribution in [-0.4, -0.2) is 45.3 Å². The van der Waals surface area contributed by atoms with Crippen LogP contribution >= 0.6 is 0 Å². The van der Waals surface area contributed by atoms with E-state index < -0.39 is 23.4 Å². The maximum atomic E-state index is 11.1. The molecule has 2 fully saturated rings. The summed E-state index contributed by atoms with van der Waals surface area (Å²) in [5.41, 5.74) is 2.63. The molecule has 180 valence electrons. The normalized spacial score (nSPS) is 39.5. The maximum Gasteiger partial charge on any atom is 0.0875 e. The van der Waals surface area contributed by atoms with Gasteiger partial charge in [0.25, 0.3) is 0 Å². The SMILES string of the molecule is CCC(O)(CC)COC(C)(C)C1=CC[C@H]2C3=CC=C4C[C@@H](O)C[C@H](O)[C@]4(C)[C@H]3CC[C@]12C. The second-order valence-electron chi connectivity index (χ2n) is 11.9. The number of hydrogen-bond donors (Lipinski definition) is 3. The lowest BCUT2D eigenvalue weighted by Crippen LogP contribution is -2.53. The predicted molar refractivity (Wildman–Crippen MR) is 128 cm³/mol. The van der Waals surface area contributed by atoms with Crippen LogP contribution in [0, 0.1) is 22.7 Å². The Morgan fingerprint density at radius 3 is 2.44 bits per heavy atom. The third-order valence-electron chi connectivity index (χ3n) is 9.90. The van der Waals surface area contributed by atoms with E-state index in [1.807, 2.05) is 13.8 Å². The van der Waals surface area contributed by atoms with Gasteiger partial charge in [-0.05, 0) is 75.2 Å². The van der Waals surface area contributed by atoms with Gasteiger partial charge in [0.1, 0.15) is 0 Å². The van der Waals surface area contributed by atoms with Crippen LogP contribution < -0.4 is 0 Å². The summed E-state index contributed by atoms with van der Waals surface area (Å²) in [7, 11) is 0. The summed E-state index contributed by atoms with van der Waals surface area (Å²) >= 11 is 0. The minimum Gasteiger partial charge on any atom is -0.393 e. The minimum absolute atomic E-state index is 0.0310. The molecule has 0 amide bonds. The zero-order valence-corrected chi connectivity index (χ0v) is 20.9. The second kappa shape index (κ2) is 8.08. The molecule has 3 N–H and O–H groups in total. The summed E-state index contributed by atoms with van der Waals surface area (Å²) in [6.45, 7) is 13.3. The highest BCUT2D eigenvalue weighted by Crippen LogP contribution is 2.64. The summed E-state index contributed by atoms with van der Waals surface area (Å²) in [6.07, 6.45) is 11.6. The van der Waals surface area contributed by atoms with Crippen LogP contribution in [0.3, 0.4) is 0 Å². The van der Waals surface area contributed by atoms with Crippen molar-refractivity contribution in [2.45, 2.75) is 110 Å². The van der Waals surface area contributed by atoms with Crippen LogP contribution in [0.5, 0.6) is 0 Å². The van der Waals surface area contributed by atoms with Gasteiger partial charge in [-0.15, -0.1) is 0 Å². The number of aliphatic hydroxyl groups excluding tert-OH is 2. The van der Waals surface area contributed by atoms with Crippen LogP contribution in [0.4, 0.5) is 0 Å². The van der Waals surface area contributed by atoms with Gasteiger partial charge in [-0.3, -0.25) is 0 Å². The third kappa shape index (κ3) is 3.57. The molecule has 4 nitrogen and oxygen atoms in total. The van der Waals surface area contributed by atoms with Crippen LogP contribution in [0.2, 0.25) is 0 Å². The number of hydrogen-bond acceptors (Lipinski definition) is 4. The Bertz CT molecular complexity index is 832. The smallest absolute Gasteiger partial charge is 0.0875 e. The Labute approximate surface area is 194 Å². The summed E-state index contributed by atoms with van der Waals surface area (Å²) in [5, 5.41) is 32.1. The molecule has 6 atom stereocenters. The number of aliphatic hydroxyl groups is 3. The maximum absolute atomic E-state index is 11.1. The fourth-order valence-electron chi connectivity index (χ4n) is 7.42. The molecule has 0 bridgehead atoms. The summed E-state index contributed by atoms with van der Waals surface area (Å²) in [6, 6.07) is 0. The first-order valence-electron chi connectivity index (χ1n) is 12.8. The zero-order valence-electron chi connectivity index (χ0n) is 20.9. The Hall–Kier alpha value is -0.940. The third-order valence-corrected chi connectivity index (χ3v) is 9.90. The minimum atomic E-state index is -0.766. The number of allylic oxidation sites excluding steroid dienone is 4. The molecular weight excluding hydrogens is 400 g/mol. The Kier molecular flexibility index (Phi) is 6.11. The molecule has 4 aliphatic rings. The fraction of sp³-hybridized carbons (Fsp3) is 0.786. The standard InChI is InChI=1S/C28H44O4/c1-7-28(31,8-2)17-32-25(3,4)23-12-11-21-20-10-9-18-15-19(29)16-24(30)27(18,6)22(20)13-14-26(21,23)5/h9-10,12,19,21-22,24,29-31H,7-8,11,13-17H2,1-6H3/t19-,21+,22+,24+,26+,27+/m1/s1. The zero-order chi connectivity index (χ0) is 23.5. The van der Waals surface area contributed by atoms with Crippen molar-refractivity contribution < 1.29 is 20.1 Å². The van der Waals surface area contributed by atoms with Gasteiger partial charge >= 0.3 is 0 Å². The highest BCUT2D eigenvalue weighted by atomic mass is 16.5. The van der Waals surface area contributed by atoms with Crippen molar-refractivity contribution in [2.75, 3.05) is 6.61 Å². The topological polar surface area (TPSA) is 69.9 Å². The van der Waals surface area contributed by atoms with Crippen LogP contribution in [0.15, 0.2) is 34.9 Å². The lowest BCUT2D eigenvalue weighted by molar-refractivity contribution is -0.103. The molecule has 4 rings (SSSR count). The summed E-state index contributed by atoms with van der Waals surface area (Å²) < 4.78 is 6.43. The van der Waals surface area contributed by atoms with Crippen molar-refractivity contribution in [1.29, 1.82) is 0 Å². The van der Waals surface area contributed by atoms with Gasteiger partial charge in [-0.2, -0.15) is 0 Å². The summed E-state index contributed by atoms with van der Waals surface area (Å²) in [4.78, 5) is 0. The Balaban J connectivity index is 1.60. The molecule has 4 heteroatoms. The highest BCUT2D eigenvalue weighted by Gasteiger charge is 2.58. The first-order valence-corrected chi connectivity index (χ1v) is 12.8. The van der Waals surface area contributed by atoms with Gasteiger partial charge in [-0.1, -0.05) is 57.1 Å². The van der Waals surface area contributed by atoms with E-state index in [1.54, 1.807) is 0 Å². The van der Waals surface area contributed by atoms with E-state index in [1.165, 1.54) is 16.7 Å². The fourth-order valence-corrected chi connectivity index (χ4v) is 7.42. The van der Waals surface area contributed by atoms with Crippen LogP contribution in [0.1, 0.15) is 86.5 Å². The molecule has 0 spiro atoms. The average Bonchev–Trinajstić information content (AvgIpc) is 3.11.